The Morgan fingerprint density at radius 2 is 1.64 bits per heavy atom. The van der Waals surface area contributed by atoms with E-state index in [1.165, 1.54) is 0 Å². The molecule has 0 aliphatic heterocycles. The molecule has 5 heterocycles. The lowest BCUT2D eigenvalue weighted by molar-refractivity contribution is 0.641. The highest BCUT2D eigenvalue weighted by molar-refractivity contribution is 6.19. The van der Waals surface area contributed by atoms with Crippen molar-refractivity contribution in [1.82, 2.24) is 24.5 Å². The molecule has 6 aromatic rings. The third kappa shape index (κ3) is 2.08. The van der Waals surface area contributed by atoms with Crippen molar-refractivity contribution >= 4 is 33.0 Å². The molecule has 0 amide bonds. The average molecular weight is 363 g/mol. The zero-order valence-corrected chi connectivity index (χ0v) is 14.6. The van der Waals surface area contributed by atoms with Crippen molar-refractivity contribution in [2.45, 2.75) is 0 Å². The first-order valence-corrected chi connectivity index (χ1v) is 8.89. The van der Waals surface area contributed by atoms with Crippen molar-refractivity contribution in [3.05, 3.63) is 79.5 Å². The number of benzene rings is 1. The van der Waals surface area contributed by atoms with E-state index in [1.807, 2.05) is 65.5 Å². The second-order valence-electron chi connectivity index (χ2n) is 6.49. The summed E-state index contributed by atoms with van der Waals surface area (Å²) in [5.74, 6) is 0.543. The predicted molar refractivity (Wildman–Crippen MR) is 107 cm³/mol. The van der Waals surface area contributed by atoms with Crippen LogP contribution in [0.2, 0.25) is 0 Å². The Morgan fingerprint density at radius 1 is 0.786 bits per heavy atom. The van der Waals surface area contributed by atoms with E-state index in [1.54, 1.807) is 18.6 Å². The minimum Gasteiger partial charge on any atom is -0.439 e. The largest absolute Gasteiger partial charge is 0.439 e. The minimum absolute atomic E-state index is 0.543. The monoisotopic (exact) mass is 363 g/mol. The van der Waals surface area contributed by atoms with Crippen molar-refractivity contribution in [3.63, 3.8) is 0 Å². The summed E-state index contributed by atoms with van der Waals surface area (Å²) >= 11 is 0. The van der Waals surface area contributed by atoms with Crippen LogP contribution in [0, 0.1) is 0 Å². The van der Waals surface area contributed by atoms with Gasteiger partial charge in [-0.25, -0.2) is 14.5 Å². The van der Waals surface area contributed by atoms with Crippen molar-refractivity contribution < 1.29 is 4.42 Å². The molecule has 0 atom stereocenters. The second kappa shape index (κ2) is 5.72. The van der Waals surface area contributed by atoms with E-state index in [0.29, 0.717) is 11.7 Å². The van der Waals surface area contributed by atoms with E-state index in [2.05, 4.69) is 15.0 Å². The van der Waals surface area contributed by atoms with Crippen LogP contribution in [0.25, 0.3) is 50.2 Å². The van der Waals surface area contributed by atoms with Crippen LogP contribution in [0.4, 0.5) is 0 Å². The van der Waals surface area contributed by atoms with E-state index in [0.717, 1.165) is 38.5 Å². The molecule has 0 aliphatic carbocycles. The maximum Gasteiger partial charge on any atom is 0.237 e. The van der Waals surface area contributed by atoms with Gasteiger partial charge in [0.25, 0.3) is 0 Å². The molecule has 0 N–H and O–H groups in total. The summed E-state index contributed by atoms with van der Waals surface area (Å²) in [4.78, 5) is 17.9. The van der Waals surface area contributed by atoms with Gasteiger partial charge >= 0.3 is 0 Å². The predicted octanol–water partition coefficient (Wildman–Crippen LogP) is 4.78. The average Bonchev–Trinajstić information content (AvgIpc) is 3.29. The van der Waals surface area contributed by atoms with Crippen LogP contribution in [0.1, 0.15) is 0 Å². The zero-order valence-electron chi connectivity index (χ0n) is 14.6. The summed E-state index contributed by atoms with van der Waals surface area (Å²) in [6, 6.07) is 15.8. The van der Waals surface area contributed by atoms with Gasteiger partial charge in [0.15, 0.2) is 0 Å². The van der Waals surface area contributed by atoms with Gasteiger partial charge in [-0.3, -0.25) is 9.97 Å². The highest BCUT2D eigenvalue weighted by Crippen LogP contribution is 2.37. The summed E-state index contributed by atoms with van der Waals surface area (Å²) in [6.45, 7) is 0. The normalized spacial score (nSPS) is 11.6. The first-order valence-electron chi connectivity index (χ1n) is 8.89. The molecule has 0 fully saturated rings. The highest BCUT2D eigenvalue weighted by Gasteiger charge is 2.20. The topological polar surface area (TPSA) is 69.6 Å². The number of rotatable bonds is 2. The van der Waals surface area contributed by atoms with Gasteiger partial charge in [0, 0.05) is 41.1 Å². The molecule has 6 heteroatoms. The Kier molecular flexibility index (Phi) is 3.07. The van der Waals surface area contributed by atoms with Gasteiger partial charge in [-0.05, 0) is 18.2 Å². The van der Waals surface area contributed by atoms with E-state index >= 15 is 0 Å². The summed E-state index contributed by atoms with van der Waals surface area (Å²) < 4.78 is 8.10. The van der Waals surface area contributed by atoms with Gasteiger partial charge in [-0.2, -0.15) is 0 Å². The van der Waals surface area contributed by atoms with Gasteiger partial charge in [-0.1, -0.05) is 30.3 Å². The van der Waals surface area contributed by atoms with Crippen molar-refractivity contribution in [3.8, 4) is 17.2 Å². The smallest absolute Gasteiger partial charge is 0.237 e. The molecule has 0 spiro atoms. The van der Waals surface area contributed by atoms with E-state index in [4.69, 9.17) is 9.40 Å². The minimum atomic E-state index is 0.543. The number of hydrogen-bond acceptors (Lipinski definition) is 5. The molecule has 1 aromatic carbocycles. The third-order valence-electron chi connectivity index (χ3n) is 4.90. The van der Waals surface area contributed by atoms with Gasteiger partial charge in [0.2, 0.25) is 11.7 Å². The van der Waals surface area contributed by atoms with Crippen LogP contribution < -0.4 is 0 Å². The van der Waals surface area contributed by atoms with Crippen LogP contribution in [-0.2, 0) is 0 Å². The maximum atomic E-state index is 6.18. The van der Waals surface area contributed by atoms with E-state index in [9.17, 15) is 0 Å². The van der Waals surface area contributed by atoms with Crippen LogP contribution >= 0.6 is 0 Å². The van der Waals surface area contributed by atoms with Gasteiger partial charge in [0.05, 0.1) is 22.8 Å². The Morgan fingerprint density at radius 3 is 2.57 bits per heavy atom. The summed E-state index contributed by atoms with van der Waals surface area (Å²) in [6.07, 6.45) is 8.91. The van der Waals surface area contributed by atoms with Gasteiger partial charge < -0.3 is 4.42 Å². The molecule has 0 radical (unpaired) electrons. The van der Waals surface area contributed by atoms with Crippen molar-refractivity contribution in [2.24, 2.45) is 0 Å². The number of aromatic nitrogens is 5. The molecule has 0 aliphatic rings. The molecule has 0 saturated heterocycles. The quantitative estimate of drug-likeness (QED) is 0.443. The molecule has 132 valence electrons. The highest BCUT2D eigenvalue weighted by atomic mass is 16.3. The molecule has 0 saturated carbocycles. The van der Waals surface area contributed by atoms with Crippen LogP contribution in [-0.4, -0.2) is 24.5 Å². The SMILES string of the molecule is c1ccc(-c2ccnc(-n3c4cnccc4c4c5cnccc5oc43)n2)cc1. The van der Waals surface area contributed by atoms with E-state index < -0.39 is 0 Å². The fourth-order valence-electron chi connectivity index (χ4n) is 3.66. The summed E-state index contributed by atoms with van der Waals surface area (Å²) in [5.41, 5.74) is 4.25. The summed E-state index contributed by atoms with van der Waals surface area (Å²) in [7, 11) is 0. The molecule has 0 bridgehead atoms. The number of pyridine rings is 2. The second-order valence-corrected chi connectivity index (χ2v) is 6.49. The molecule has 6 rings (SSSR count). The molecule has 28 heavy (non-hydrogen) atoms. The van der Waals surface area contributed by atoms with Crippen LogP contribution in [0.5, 0.6) is 0 Å². The Bertz CT molecular complexity index is 1470. The Hall–Kier alpha value is -4.06. The number of nitrogens with zero attached hydrogens (tertiary/aromatic N) is 5. The lowest BCUT2D eigenvalue weighted by atomic mass is 10.1. The van der Waals surface area contributed by atoms with Crippen molar-refractivity contribution in [2.75, 3.05) is 0 Å². The van der Waals surface area contributed by atoms with E-state index in [-0.39, 0.29) is 0 Å². The molecular weight excluding hydrogens is 350 g/mol. The van der Waals surface area contributed by atoms with Crippen LogP contribution in [0.15, 0.2) is 83.9 Å². The molecule has 0 unspecified atom stereocenters. The summed E-state index contributed by atoms with van der Waals surface area (Å²) in [5, 5.41) is 2.99. The molecular formula is C22H13N5O. The van der Waals surface area contributed by atoms with Gasteiger partial charge in [0.1, 0.15) is 5.58 Å². The van der Waals surface area contributed by atoms with Crippen LogP contribution in [0.3, 0.4) is 0 Å². The Balaban J connectivity index is 1.70. The fourth-order valence-corrected chi connectivity index (χ4v) is 3.66. The molecule has 5 aromatic heterocycles. The maximum absolute atomic E-state index is 6.18. The number of furan rings is 1. The standard InChI is InChI=1S/C22H13N5O/c1-2-4-14(5-3-1)17-7-11-25-22(26-17)27-18-13-24-9-6-15(18)20-16-12-23-10-8-19(16)28-21(20)27/h1-13H. The third-order valence-corrected chi connectivity index (χ3v) is 4.90. The number of fused-ring (bicyclic) bond motifs is 5. The first kappa shape index (κ1) is 15.0. The fraction of sp³-hybridized carbons (Fsp3) is 0. The zero-order chi connectivity index (χ0) is 18.5. The molecule has 6 nitrogen and oxygen atoms in total. The van der Waals surface area contributed by atoms with Crippen molar-refractivity contribution in [1.29, 1.82) is 0 Å². The lowest BCUT2D eigenvalue weighted by Gasteiger charge is -2.06. The number of hydrogen-bond donors (Lipinski definition) is 0. The van der Waals surface area contributed by atoms with Gasteiger partial charge in [-0.15, -0.1) is 0 Å². The lowest BCUT2D eigenvalue weighted by Crippen LogP contribution is -2.01. The first-order chi connectivity index (χ1) is 13.9. The Labute approximate surface area is 159 Å².